The molecule has 0 aliphatic rings. The first kappa shape index (κ1) is 27.8. The maximum Gasteiger partial charge on any atom is 0.264 e. The minimum absolute atomic E-state index is 0.000290. The minimum atomic E-state index is -4.19. The third-order valence-electron chi connectivity index (χ3n) is 5.22. The summed E-state index contributed by atoms with van der Waals surface area (Å²) in [5, 5.41) is 13.9. The van der Waals surface area contributed by atoms with Crippen LogP contribution >= 0.6 is 15.9 Å². The number of hydrogen-bond acceptors (Lipinski definition) is 8. The highest BCUT2D eigenvalue weighted by molar-refractivity contribution is 9.10. The van der Waals surface area contributed by atoms with Gasteiger partial charge in [-0.3, -0.25) is 9.10 Å². The van der Waals surface area contributed by atoms with Gasteiger partial charge in [0, 0.05) is 6.07 Å². The van der Waals surface area contributed by atoms with E-state index in [2.05, 4.69) is 26.5 Å². The molecule has 3 rings (SSSR count). The second kappa shape index (κ2) is 12.0. The molecule has 0 saturated carbocycles. The summed E-state index contributed by atoms with van der Waals surface area (Å²) < 4.78 is 44.4. The molecule has 2 N–H and O–H groups in total. The van der Waals surface area contributed by atoms with Crippen LogP contribution in [0.1, 0.15) is 11.1 Å². The number of nitrogens with zero attached hydrogens (tertiary/aromatic N) is 2. The van der Waals surface area contributed by atoms with E-state index in [4.69, 9.17) is 14.2 Å². The lowest BCUT2D eigenvalue weighted by molar-refractivity contribution is -0.119. The lowest BCUT2D eigenvalue weighted by Crippen LogP contribution is -2.39. The number of benzene rings is 3. The smallest absolute Gasteiger partial charge is 0.264 e. The second-order valence-electron chi connectivity index (χ2n) is 7.71. The van der Waals surface area contributed by atoms with Crippen LogP contribution in [0.4, 0.5) is 5.69 Å². The number of rotatable bonds is 10. The van der Waals surface area contributed by atoms with Crippen LogP contribution in [0, 0.1) is 6.92 Å². The van der Waals surface area contributed by atoms with E-state index in [1.807, 2.05) is 6.92 Å². The standard InChI is InChI=1S/C25H26BrN3O7S/c1-16-5-8-19(9-6-16)37(32,33)29(21-13-18(34-2)7-10-22(21)35-3)15-24(30)28-27-14-17-11-20(26)25(31)23(12-17)36-4/h5-14,31H,15H2,1-4H3,(H,28,30)/b27-14-. The summed E-state index contributed by atoms with van der Waals surface area (Å²) in [6.07, 6.45) is 1.33. The van der Waals surface area contributed by atoms with Crippen molar-refractivity contribution in [2.24, 2.45) is 5.10 Å². The van der Waals surface area contributed by atoms with Gasteiger partial charge in [0.05, 0.1) is 42.6 Å². The molecule has 3 aromatic carbocycles. The number of hydrazone groups is 1. The van der Waals surface area contributed by atoms with Crippen molar-refractivity contribution in [3.8, 4) is 23.0 Å². The first-order chi connectivity index (χ1) is 17.6. The van der Waals surface area contributed by atoms with Crippen molar-refractivity contribution in [3.63, 3.8) is 0 Å². The predicted octanol–water partition coefficient (Wildman–Crippen LogP) is 3.83. The maximum absolute atomic E-state index is 13.7. The number of carbonyl (C=O) groups is 1. The molecule has 196 valence electrons. The molecule has 0 aliphatic carbocycles. The van der Waals surface area contributed by atoms with Gasteiger partial charge in [-0.05, 0) is 64.8 Å². The van der Waals surface area contributed by atoms with Crippen LogP contribution in [-0.4, -0.2) is 53.5 Å². The van der Waals surface area contributed by atoms with Gasteiger partial charge in [-0.15, -0.1) is 0 Å². The quantitative estimate of drug-likeness (QED) is 0.271. The van der Waals surface area contributed by atoms with Crippen LogP contribution in [0.2, 0.25) is 0 Å². The van der Waals surface area contributed by atoms with Crippen molar-refractivity contribution < 1.29 is 32.5 Å². The van der Waals surface area contributed by atoms with Gasteiger partial charge < -0.3 is 19.3 Å². The molecular weight excluding hydrogens is 566 g/mol. The lowest BCUT2D eigenvalue weighted by Gasteiger charge is -2.25. The van der Waals surface area contributed by atoms with Crippen molar-refractivity contribution >= 4 is 43.8 Å². The molecule has 0 heterocycles. The number of aromatic hydroxyl groups is 1. The van der Waals surface area contributed by atoms with E-state index in [9.17, 15) is 18.3 Å². The third-order valence-corrected chi connectivity index (χ3v) is 7.60. The molecule has 0 radical (unpaired) electrons. The van der Waals surface area contributed by atoms with E-state index in [1.54, 1.807) is 30.3 Å². The Balaban J connectivity index is 1.94. The van der Waals surface area contributed by atoms with E-state index in [0.29, 0.717) is 15.8 Å². The zero-order valence-electron chi connectivity index (χ0n) is 20.6. The summed E-state index contributed by atoms with van der Waals surface area (Å²) in [5.74, 6) is 0.0381. The number of nitrogens with one attached hydrogen (secondary N) is 1. The number of carbonyl (C=O) groups excluding carboxylic acids is 1. The zero-order valence-corrected chi connectivity index (χ0v) is 23.0. The van der Waals surface area contributed by atoms with Crippen molar-refractivity contribution in [1.82, 2.24) is 5.43 Å². The first-order valence-electron chi connectivity index (χ1n) is 10.8. The Labute approximate surface area is 223 Å². The molecule has 0 spiro atoms. The Morgan fingerprint density at radius 3 is 2.32 bits per heavy atom. The molecule has 12 heteroatoms. The molecule has 0 bridgehead atoms. The largest absolute Gasteiger partial charge is 0.503 e. The molecule has 0 saturated heterocycles. The summed E-state index contributed by atoms with van der Waals surface area (Å²) >= 11 is 3.22. The van der Waals surface area contributed by atoms with E-state index >= 15 is 0 Å². The number of ether oxygens (including phenoxy) is 3. The van der Waals surface area contributed by atoms with Crippen LogP contribution in [0.15, 0.2) is 69.1 Å². The van der Waals surface area contributed by atoms with Gasteiger partial charge in [0.15, 0.2) is 11.5 Å². The van der Waals surface area contributed by atoms with Crippen molar-refractivity contribution in [3.05, 3.63) is 70.2 Å². The van der Waals surface area contributed by atoms with Crippen molar-refractivity contribution in [2.45, 2.75) is 11.8 Å². The topological polar surface area (TPSA) is 127 Å². The molecule has 0 unspecified atom stereocenters. The van der Waals surface area contributed by atoms with Crippen LogP contribution in [0.5, 0.6) is 23.0 Å². The molecular formula is C25H26BrN3O7S. The molecule has 1 amide bonds. The molecule has 0 atom stereocenters. The second-order valence-corrected chi connectivity index (χ2v) is 10.4. The van der Waals surface area contributed by atoms with E-state index < -0.39 is 22.5 Å². The fraction of sp³-hybridized carbons (Fsp3) is 0.200. The number of phenols is 1. The van der Waals surface area contributed by atoms with Crippen LogP contribution in [0.25, 0.3) is 0 Å². The number of halogens is 1. The average Bonchev–Trinajstić information content (AvgIpc) is 2.89. The number of hydrogen-bond donors (Lipinski definition) is 2. The Kier molecular flexibility index (Phi) is 9.00. The van der Waals surface area contributed by atoms with Crippen molar-refractivity contribution in [2.75, 3.05) is 32.2 Å². The summed E-state index contributed by atoms with van der Waals surface area (Å²) in [6.45, 7) is 1.24. The molecule has 3 aromatic rings. The van der Waals surface area contributed by atoms with Crippen molar-refractivity contribution in [1.29, 1.82) is 0 Å². The number of methoxy groups -OCH3 is 3. The fourth-order valence-corrected chi connectivity index (χ4v) is 5.18. The van der Waals surface area contributed by atoms with Gasteiger partial charge in [-0.1, -0.05) is 17.7 Å². The van der Waals surface area contributed by atoms with Gasteiger partial charge in [-0.25, -0.2) is 13.8 Å². The fourth-order valence-electron chi connectivity index (χ4n) is 3.30. The molecule has 10 nitrogen and oxygen atoms in total. The van der Waals surface area contributed by atoms with Gasteiger partial charge in [0.1, 0.15) is 18.0 Å². The number of aryl methyl sites for hydroxylation is 1. The van der Waals surface area contributed by atoms with Gasteiger partial charge >= 0.3 is 0 Å². The highest BCUT2D eigenvalue weighted by Crippen LogP contribution is 2.36. The summed E-state index contributed by atoms with van der Waals surface area (Å²) in [6, 6.07) is 14.0. The molecule has 0 fully saturated rings. The van der Waals surface area contributed by atoms with Crippen LogP contribution in [-0.2, 0) is 14.8 Å². The Morgan fingerprint density at radius 2 is 1.70 bits per heavy atom. The highest BCUT2D eigenvalue weighted by Gasteiger charge is 2.30. The average molecular weight is 592 g/mol. The van der Waals surface area contributed by atoms with E-state index in [1.165, 1.54) is 51.8 Å². The van der Waals surface area contributed by atoms with Crippen LogP contribution < -0.4 is 23.9 Å². The first-order valence-corrected chi connectivity index (χ1v) is 13.0. The zero-order chi connectivity index (χ0) is 27.2. The normalized spacial score (nSPS) is 11.3. The summed E-state index contributed by atoms with van der Waals surface area (Å²) in [4.78, 5) is 12.9. The molecule has 37 heavy (non-hydrogen) atoms. The third kappa shape index (κ3) is 6.52. The van der Waals surface area contributed by atoms with E-state index in [-0.39, 0.29) is 27.8 Å². The number of sulfonamides is 1. The van der Waals surface area contributed by atoms with Crippen LogP contribution in [0.3, 0.4) is 0 Å². The predicted molar refractivity (Wildman–Crippen MR) is 143 cm³/mol. The highest BCUT2D eigenvalue weighted by atomic mass is 79.9. The van der Waals surface area contributed by atoms with Gasteiger partial charge in [0.25, 0.3) is 15.9 Å². The SMILES string of the molecule is COc1ccc(OC)c(N(CC(=O)N/N=C\c2cc(Br)c(O)c(OC)c2)S(=O)(=O)c2ccc(C)cc2)c1. The number of anilines is 1. The molecule has 0 aromatic heterocycles. The number of amides is 1. The Hall–Kier alpha value is -3.77. The summed E-state index contributed by atoms with van der Waals surface area (Å²) in [7, 11) is 0.0635. The van der Waals surface area contributed by atoms with E-state index in [0.717, 1.165) is 9.87 Å². The van der Waals surface area contributed by atoms with Gasteiger partial charge in [-0.2, -0.15) is 5.10 Å². The molecule has 0 aliphatic heterocycles. The lowest BCUT2D eigenvalue weighted by atomic mass is 10.2. The maximum atomic E-state index is 13.7. The number of phenolic OH excluding ortho intramolecular Hbond substituents is 1. The summed E-state index contributed by atoms with van der Waals surface area (Å²) in [5.41, 5.74) is 3.85. The minimum Gasteiger partial charge on any atom is -0.503 e. The van der Waals surface area contributed by atoms with Gasteiger partial charge in [0.2, 0.25) is 0 Å². The Bertz CT molecular complexity index is 1410. The Morgan fingerprint density at radius 1 is 1.03 bits per heavy atom. The monoisotopic (exact) mass is 591 g/mol.